The summed E-state index contributed by atoms with van der Waals surface area (Å²) in [5.41, 5.74) is 1.76. The number of aliphatic hydroxyl groups excluding tert-OH is 1. The van der Waals surface area contributed by atoms with Crippen LogP contribution in [0.15, 0.2) is 42.5 Å². The number of hydrogen-bond acceptors (Lipinski definition) is 6. The van der Waals surface area contributed by atoms with E-state index in [0.717, 1.165) is 51.0 Å². The largest absolute Gasteiger partial charge is 0.489 e. The van der Waals surface area contributed by atoms with E-state index in [9.17, 15) is 14.7 Å². The van der Waals surface area contributed by atoms with Gasteiger partial charge in [0.1, 0.15) is 11.9 Å². The van der Waals surface area contributed by atoms with Gasteiger partial charge in [-0.15, -0.1) is 0 Å². The molecule has 3 N–H and O–H groups in total. The summed E-state index contributed by atoms with van der Waals surface area (Å²) in [7, 11) is 0. The number of carbonyl (C=O) groups excluding carboxylic acids is 2. The zero-order valence-electron chi connectivity index (χ0n) is 19.4. The Hall–Kier alpha value is -2.61. The number of Topliss-reactive ketones (excluding diaryl/α,β-unsaturated/α-hetero) is 1. The van der Waals surface area contributed by atoms with Gasteiger partial charge >= 0.3 is 0 Å². The molecule has 1 amide bonds. The van der Waals surface area contributed by atoms with Gasteiger partial charge in [-0.05, 0) is 87.7 Å². The van der Waals surface area contributed by atoms with Gasteiger partial charge in [0.25, 0.3) is 5.91 Å². The number of carbonyl (C=O) groups is 2. The van der Waals surface area contributed by atoms with Crippen LogP contribution in [0.5, 0.6) is 5.75 Å². The molecule has 2 aliphatic rings. The quantitative estimate of drug-likeness (QED) is 0.331. The Morgan fingerprint density at radius 3 is 2.47 bits per heavy atom. The highest BCUT2D eigenvalue weighted by molar-refractivity contribution is 6.42. The highest BCUT2D eigenvalue weighted by Gasteiger charge is 2.30. The number of hydrogen-bond donors (Lipinski definition) is 3. The predicted molar refractivity (Wildman–Crippen MR) is 133 cm³/mol. The minimum absolute atomic E-state index is 0.216. The van der Waals surface area contributed by atoms with Crippen LogP contribution in [0.4, 0.5) is 5.69 Å². The number of halogens is 1. The topological polar surface area (TPSA) is 90.9 Å². The number of ether oxygens (including phenoxy) is 1. The molecule has 1 aliphatic carbocycles. The number of likely N-dealkylation sites (tertiary alicyclic amines) is 1. The lowest BCUT2D eigenvalue weighted by molar-refractivity contribution is -0.118. The molecule has 182 valence electrons. The molecule has 2 fully saturated rings. The molecule has 1 heterocycles. The fraction of sp³-hybridized carbons (Fsp3) is 0.462. The van der Waals surface area contributed by atoms with Crippen LogP contribution in [0.1, 0.15) is 54.6 Å². The maximum atomic E-state index is 12.9. The number of benzene rings is 2. The molecule has 1 aliphatic heterocycles. The lowest BCUT2D eigenvalue weighted by Gasteiger charge is -2.28. The van der Waals surface area contributed by atoms with Crippen molar-refractivity contribution >= 4 is 29.0 Å². The zero-order valence-corrected chi connectivity index (χ0v) is 20.2. The Labute approximate surface area is 205 Å². The second-order valence-electron chi connectivity index (χ2n) is 8.98. The normalized spacial score (nSPS) is 17.7. The van der Waals surface area contributed by atoms with Crippen LogP contribution < -0.4 is 15.4 Å². The molecule has 2 atom stereocenters. The molecule has 2 aromatic carbocycles. The summed E-state index contributed by atoms with van der Waals surface area (Å²) < 4.78 is 5.79. The van der Waals surface area contributed by atoms with Gasteiger partial charge in [0.2, 0.25) is 5.78 Å². The van der Waals surface area contributed by atoms with E-state index in [1.165, 1.54) is 0 Å². The molecule has 34 heavy (non-hydrogen) atoms. The molecular formula is C26H32ClN3O4. The van der Waals surface area contributed by atoms with Crippen LogP contribution in [-0.2, 0) is 4.79 Å². The summed E-state index contributed by atoms with van der Waals surface area (Å²) in [6.07, 6.45) is 3.39. The summed E-state index contributed by atoms with van der Waals surface area (Å²) >= 11 is 6.40. The summed E-state index contributed by atoms with van der Waals surface area (Å²) in [6.45, 7) is 4.99. The number of rotatable bonds is 11. The van der Waals surface area contributed by atoms with E-state index in [1.807, 2.05) is 6.92 Å². The van der Waals surface area contributed by atoms with Crippen molar-refractivity contribution in [3.05, 3.63) is 58.6 Å². The molecular weight excluding hydrogens is 454 g/mol. The van der Waals surface area contributed by atoms with Gasteiger partial charge < -0.3 is 25.4 Å². The number of ketones is 1. The standard InChI is InChI=1S/C26H32ClN3O4/c1-2-28-19-8-5-17(6-9-19)25(32)26(33)29-22(16-30-13-3-4-14-30)24(31)18-7-12-23(21(27)15-18)34-20-10-11-20/h5-9,12,15,20,22,24,28,31H,2-4,10-11,13-14,16H2,1H3,(H,29,33). The number of anilines is 1. The first kappa shape index (κ1) is 24.5. The number of amides is 1. The van der Waals surface area contributed by atoms with Crippen LogP contribution in [0.25, 0.3) is 0 Å². The van der Waals surface area contributed by atoms with E-state index < -0.39 is 23.8 Å². The van der Waals surface area contributed by atoms with Gasteiger partial charge in [0, 0.05) is 24.3 Å². The first-order valence-corrected chi connectivity index (χ1v) is 12.4. The van der Waals surface area contributed by atoms with E-state index in [2.05, 4.69) is 15.5 Å². The van der Waals surface area contributed by atoms with Gasteiger partial charge in [-0.3, -0.25) is 9.59 Å². The average molecular weight is 486 g/mol. The van der Waals surface area contributed by atoms with Gasteiger partial charge in [-0.2, -0.15) is 0 Å². The van der Waals surface area contributed by atoms with Crippen LogP contribution in [0.3, 0.4) is 0 Å². The van der Waals surface area contributed by atoms with E-state index in [1.54, 1.807) is 42.5 Å². The van der Waals surface area contributed by atoms with Crippen molar-refractivity contribution in [1.82, 2.24) is 10.2 Å². The van der Waals surface area contributed by atoms with Gasteiger partial charge in [0.15, 0.2) is 0 Å². The molecule has 0 aromatic heterocycles. The van der Waals surface area contributed by atoms with Crippen molar-refractivity contribution in [3.63, 3.8) is 0 Å². The third kappa shape index (κ3) is 6.29. The second-order valence-corrected chi connectivity index (χ2v) is 9.38. The number of nitrogens with one attached hydrogen (secondary N) is 2. The molecule has 8 heteroatoms. The highest BCUT2D eigenvalue weighted by Crippen LogP contribution is 2.34. The van der Waals surface area contributed by atoms with Crippen LogP contribution in [0, 0.1) is 0 Å². The third-order valence-electron chi connectivity index (χ3n) is 6.20. The molecule has 7 nitrogen and oxygen atoms in total. The monoisotopic (exact) mass is 485 g/mol. The SMILES string of the molecule is CCNc1ccc(C(=O)C(=O)NC(CN2CCCC2)C(O)c2ccc(OC3CC3)c(Cl)c2)cc1. The maximum absolute atomic E-state index is 12.9. The van der Waals surface area contributed by atoms with Crippen LogP contribution in [0.2, 0.25) is 5.02 Å². The molecule has 1 saturated carbocycles. The number of nitrogens with zero attached hydrogens (tertiary/aromatic N) is 1. The van der Waals surface area contributed by atoms with Gasteiger partial charge in [0.05, 0.1) is 17.2 Å². The molecule has 2 unspecified atom stereocenters. The number of aliphatic hydroxyl groups is 1. The second kappa shape index (κ2) is 11.2. The molecule has 0 spiro atoms. The van der Waals surface area contributed by atoms with Gasteiger partial charge in [-0.25, -0.2) is 0 Å². The predicted octanol–water partition coefficient (Wildman–Crippen LogP) is 3.81. The Bertz CT molecular complexity index is 1000. The van der Waals surface area contributed by atoms with Crippen molar-refractivity contribution in [3.8, 4) is 5.75 Å². The maximum Gasteiger partial charge on any atom is 0.292 e. The van der Waals surface area contributed by atoms with Crippen molar-refractivity contribution in [2.24, 2.45) is 0 Å². The summed E-state index contributed by atoms with van der Waals surface area (Å²) in [6, 6.07) is 11.3. The van der Waals surface area contributed by atoms with E-state index >= 15 is 0 Å². The van der Waals surface area contributed by atoms with Crippen molar-refractivity contribution in [2.75, 3.05) is 31.5 Å². The molecule has 0 bridgehead atoms. The lowest BCUT2D eigenvalue weighted by atomic mass is 10.0. The van der Waals surface area contributed by atoms with Crippen molar-refractivity contribution in [2.45, 2.75) is 50.9 Å². The summed E-state index contributed by atoms with van der Waals surface area (Å²) in [4.78, 5) is 27.8. The molecule has 4 rings (SSSR count). The Kier molecular flexibility index (Phi) is 8.08. The van der Waals surface area contributed by atoms with Crippen molar-refractivity contribution in [1.29, 1.82) is 0 Å². The fourth-order valence-electron chi connectivity index (χ4n) is 4.17. The minimum atomic E-state index is -1.03. The smallest absolute Gasteiger partial charge is 0.292 e. The summed E-state index contributed by atoms with van der Waals surface area (Å²) in [5.74, 6) is -0.774. The Morgan fingerprint density at radius 2 is 1.85 bits per heavy atom. The average Bonchev–Trinajstić information content (AvgIpc) is 3.51. The third-order valence-corrected chi connectivity index (χ3v) is 6.50. The molecule has 1 saturated heterocycles. The van der Waals surface area contributed by atoms with Crippen LogP contribution >= 0.6 is 11.6 Å². The first-order chi connectivity index (χ1) is 16.4. The van der Waals surface area contributed by atoms with Gasteiger partial charge in [-0.1, -0.05) is 17.7 Å². The van der Waals surface area contributed by atoms with Crippen molar-refractivity contribution < 1.29 is 19.4 Å². The fourth-order valence-corrected chi connectivity index (χ4v) is 4.40. The zero-order chi connectivity index (χ0) is 24.1. The molecule has 0 radical (unpaired) electrons. The Morgan fingerprint density at radius 1 is 1.15 bits per heavy atom. The first-order valence-electron chi connectivity index (χ1n) is 12.0. The highest BCUT2D eigenvalue weighted by atomic mass is 35.5. The minimum Gasteiger partial charge on any atom is -0.489 e. The van der Waals surface area contributed by atoms with E-state index in [4.69, 9.17) is 16.3 Å². The van der Waals surface area contributed by atoms with E-state index in [-0.39, 0.29) is 6.10 Å². The van der Waals surface area contributed by atoms with E-state index in [0.29, 0.717) is 28.4 Å². The lowest BCUT2D eigenvalue weighted by Crippen LogP contribution is -2.48. The summed E-state index contributed by atoms with van der Waals surface area (Å²) in [5, 5.41) is 17.6. The van der Waals surface area contributed by atoms with Crippen LogP contribution in [-0.4, -0.2) is 60.0 Å². The molecule has 2 aromatic rings. The Balaban J connectivity index is 1.47.